The summed E-state index contributed by atoms with van der Waals surface area (Å²) in [5.41, 5.74) is 8.29. The summed E-state index contributed by atoms with van der Waals surface area (Å²) in [6, 6.07) is 5.12. The molecule has 4 N–H and O–H groups in total. The molecule has 0 saturated heterocycles. The molecule has 42 heavy (non-hydrogen) atoms. The van der Waals surface area contributed by atoms with Crippen molar-refractivity contribution < 1.29 is 15.0 Å². The minimum Gasteiger partial charge on any atom is -0.494 e. The van der Waals surface area contributed by atoms with Crippen molar-refractivity contribution in [3.8, 4) is 17.4 Å². The molecule has 1 aromatic carbocycles. The quantitative estimate of drug-likeness (QED) is 0.0794. The second-order valence-electron chi connectivity index (χ2n) is 11.8. The average molecular weight is 613 g/mol. The highest BCUT2D eigenvalue weighted by atomic mass is 32.1. The van der Waals surface area contributed by atoms with Gasteiger partial charge >= 0.3 is 0 Å². The van der Waals surface area contributed by atoms with E-state index in [0.29, 0.717) is 44.7 Å². The number of rotatable bonds is 19. The van der Waals surface area contributed by atoms with Crippen LogP contribution in [0.5, 0.6) is 11.8 Å². The first kappa shape index (κ1) is 32.4. The number of carbonyl (C=O) groups excluding carboxylic acids is 1. The number of hydrogen-bond donors (Lipinski definition) is 4. The summed E-state index contributed by atoms with van der Waals surface area (Å²) < 4.78 is 1.42. The van der Waals surface area contributed by atoms with Gasteiger partial charge in [0.1, 0.15) is 5.01 Å². The van der Waals surface area contributed by atoms with Gasteiger partial charge < -0.3 is 15.9 Å². The summed E-state index contributed by atoms with van der Waals surface area (Å²) in [5.74, 6) is -0.588. The topological polar surface area (TPSA) is 114 Å². The molecule has 0 aliphatic heterocycles. The van der Waals surface area contributed by atoms with Crippen molar-refractivity contribution in [2.75, 3.05) is 5.73 Å². The first-order valence-corrected chi connectivity index (χ1v) is 17.3. The summed E-state index contributed by atoms with van der Waals surface area (Å²) in [7, 11) is 0. The van der Waals surface area contributed by atoms with E-state index in [1.54, 1.807) is 18.2 Å². The Morgan fingerprint density at radius 3 is 2.02 bits per heavy atom. The molecule has 0 radical (unpaired) electrons. The highest BCUT2D eigenvalue weighted by molar-refractivity contribution is 7.80. The van der Waals surface area contributed by atoms with Crippen LogP contribution in [0.1, 0.15) is 142 Å². The molecule has 3 aromatic rings. The number of carbonyl (C=O) groups is 1. The molecule has 9 heteroatoms. The second-order valence-corrected chi connectivity index (χ2v) is 13.3. The number of Topliss-reactive ketones (excluding diaryl/α,β-unsaturated/α-hetero) is 1. The number of unbranched alkanes of at least 4 members (excludes halogenated alkanes) is 15. The Hall–Kier alpha value is -2.52. The summed E-state index contributed by atoms with van der Waals surface area (Å²) in [6.07, 6.45) is 22.1. The smallest absolute Gasteiger partial charge is 0.203 e. The lowest BCUT2D eigenvalue weighted by molar-refractivity contribution is 0.0972. The number of ketones is 1. The van der Waals surface area contributed by atoms with Gasteiger partial charge in [0, 0.05) is 22.1 Å². The van der Waals surface area contributed by atoms with E-state index >= 15 is 0 Å². The number of aryl methyl sites for hydroxylation is 1. The van der Waals surface area contributed by atoms with E-state index < -0.39 is 5.92 Å². The lowest BCUT2D eigenvalue weighted by Gasteiger charge is -2.14. The molecular weight excluding hydrogens is 565 g/mol. The molecule has 0 amide bonds. The molecule has 0 bridgehead atoms. The number of benzene rings is 1. The van der Waals surface area contributed by atoms with Crippen LogP contribution in [0.25, 0.3) is 5.69 Å². The van der Waals surface area contributed by atoms with Crippen LogP contribution in [0.15, 0.2) is 23.1 Å². The van der Waals surface area contributed by atoms with E-state index in [1.165, 1.54) is 106 Å². The van der Waals surface area contributed by atoms with Crippen LogP contribution < -0.4 is 5.73 Å². The zero-order valence-corrected chi connectivity index (χ0v) is 26.8. The normalized spacial score (nSPS) is 14.6. The van der Waals surface area contributed by atoms with E-state index in [9.17, 15) is 15.0 Å². The number of fused-ring (bicyclic) bond motifs is 1. The third-order valence-corrected chi connectivity index (χ3v) is 9.79. The van der Waals surface area contributed by atoms with Gasteiger partial charge in [0.15, 0.2) is 11.7 Å². The summed E-state index contributed by atoms with van der Waals surface area (Å²) >= 11 is 5.84. The number of aromatic nitrogens is 3. The summed E-state index contributed by atoms with van der Waals surface area (Å²) in [4.78, 5) is 13.8. The second kappa shape index (κ2) is 16.4. The van der Waals surface area contributed by atoms with Crippen LogP contribution >= 0.6 is 24.0 Å². The molecule has 1 unspecified atom stereocenters. The van der Waals surface area contributed by atoms with E-state index in [1.807, 2.05) is 0 Å². The van der Waals surface area contributed by atoms with Gasteiger partial charge in [0.2, 0.25) is 11.0 Å². The number of thiol groups is 1. The van der Waals surface area contributed by atoms with Gasteiger partial charge in [-0.1, -0.05) is 115 Å². The maximum atomic E-state index is 13.2. The molecule has 7 nitrogen and oxygen atoms in total. The SMILES string of the molecule is CCCCCCCCCCCCCCCCCCc1cc(O)n(-c2c(S)ccc3c2CC(c2nnc(N)s2)C3=O)c1O. The Bertz CT molecular complexity index is 1300. The molecule has 1 atom stereocenters. The third kappa shape index (κ3) is 8.31. The van der Waals surface area contributed by atoms with Gasteiger partial charge in [0.25, 0.3) is 0 Å². The van der Waals surface area contributed by atoms with Crippen LogP contribution in [0.2, 0.25) is 0 Å². The van der Waals surface area contributed by atoms with Crippen LogP contribution in [0.4, 0.5) is 5.13 Å². The Kier molecular flexibility index (Phi) is 12.6. The van der Waals surface area contributed by atoms with Gasteiger partial charge in [-0.05, 0) is 37.0 Å². The maximum absolute atomic E-state index is 13.2. The molecule has 230 valence electrons. The highest BCUT2D eigenvalue weighted by Crippen LogP contribution is 2.44. The van der Waals surface area contributed by atoms with Crippen molar-refractivity contribution in [2.45, 2.75) is 133 Å². The van der Waals surface area contributed by atoms with Gasteiger partial charge in [0.05, 0.1) is 11.6 Å². The lowest BCUT2D eigenvalue weighted by atomic mass is 10.0. The van der Waals surface area contributed by atoms with Crippen molar-refractivity contribution >= 4 is 34.9 Å². The number of hydrogen-bond acceptors (Lipinski definition) is 8. The first-order chi connectivity index (χ1) is 20.4. The van der Waals surface area contributed by atoms with Crippen LogP contribution in [-0.2, 0) is 12.8 Å². The molecule has 2 aromatic heterocycles. The molecular formula is C33H48N4O3S2. The van der Waals surface area contributed by atoms with E-state index in [2.05, 4.69) is 29.7 Å². The average Bonchev–Trinajstić information content (AvgIpc) is 3.63. The van der Waals surface area contributed by atoms with Gasteiger partial charge in [-0.25, -0.2) is 4.57 Å². The fraction of sp³-hybridized carbons (Fsp3) is 0.606. The fourth-order valence-electron chi connectivity index (χ4n) is 6.19. The maximum Gasteiger partial charge on any atom is 0.203 e. The summed E-state index contributed by atoms with van der Waals surface area (Å²) in [6.45, 7) is 2.27. The van der Waals surface area contributed by atoms with Crippen molar-refractivity contribution in [3.63, 3.8) is 0 Å². The molecule has 2 heterocycles. The summed E-state index contributed by atoms with van der Waals surface area (Å²) in [5, 5.41) is 30.8. The number of aromatic hydroxyl groups is 2. The van der Waals surface area contributed by atoms with Crippen LogP contribution in [0, 0.1) is 0 Å². The van der Waals surface area contributed by atoms with Crippen LogP contribution in [0.3, 0.4) is 0 Å². The minimum atomic E-state index is -0.479. The van der Waals surface area contributed by atoms with E-state index in [0.717, 1.165) is 18.4 Å². The highest BCUT2D eigenvalue weighted by Gasteiger charge is 2.37. The Balaban J connectivity index is 1.20. The van der Waals surface area contributed by atoms with Crippen molar-refractivity contribution in [3.05, 3.63) is 39.9 Å². The largest absolute Gasteiger partial charge is 0.494 e. The van der Waals surface area contributed by atoms with E-state index in [4.69, 9.17) is 5.73 Å². The number of anilines is 1. The van der Waals surface area contributed by atoms with Crippen LogP contribution in [-0.4, -0.2) is 30.8 Å². The van der Waals surface area contributed by atoms with Crippen molar-refractivity contribution in [1.82, 2.24) is 14.8 Å². The zero-order valence-electron chi connectivity index (χ0n) is 25.1. The number of nitrogens with zero attached hydrogens (tertiary/aromatic N) is 3. The molecule has 4 rings (SSSR count). The number of nitrogen functional groups attached to an aromatic ring is 1. The van der Waals surface area contributed by atoms with Gasteiger partial charge in [-0.3, -0.25) is 4.79 Å². The predicted molar refractivity (Wildman–Crippen MR) is 175 cm³/mol. The predicted octanol–water partition coefficient (Wildman–Crippen LogP) is 8.94. The Morgan fingerprint density at radius 1 is 0.905 bits per heavy atom. The lowest BCUT2D eigenvalue weighted by Crippen LogP contribution is -2.06. The molecule has 0 spiro atoms. The Labute approximate surface area is 260 Å². The van der Waals surface area contributed by atoms with E-state index in [-0.39, 0.29) is 17.5 Å². The third-order valence-electron chi connectivity index (χ3n) is 8.56. The standard InChI is InChI=1S/C33H48N4O3S2/c1-2-3-4-5-6-7-8-9-10-11-12-13-14-15-16-17-18-23-21-28(38)37(32(23)40)29-25-22-26(31-35-36-33(34)42-31)30(39)24(25)19-20-27(29)41/h19-21,26,38,40-41H,2-18,22H2,1H3,(H2,34,36). The van der Waals surface area contributed by atoms with Gasteiger partial charge in [-0.2, -0.15) is 0 Å². The first-order valence-electron chi connectivity index (χ1n) is 16.0. The minimum absolute atomic E-state index is 0.00761. The molecule has 0 fully saturated rings. The molecule has 0 saturated carbocycles. The molecule has 1 aliphatic carbocycles. The zero-order chi connectivity index (χ0) is 29.9. The molecule has 1 aliphatic rings. The fourth-order valence-corrected chi connectivity index (χ4v) is 7.21. The Morgan fingerprint density at radius 2 is 1.48 bits per heavy atom. The van der Waals surface area contributed by atoms with Crippen molar-refractivity contribution in [2.24, 2.45) is 0 Å². The number of nitrogens with two attached hydrogens (primary N) is 1. The van der Waals surface area contributed by atoms with Crippen molar-refractivity contribution in [1.29, 1.82) is 0 Å². The monoisotopic (exact) mass is 612 g/mol. The van der Waals surface area contributed by atoms with Gasteiger partial charge in [-0.15, -0.1) is 22.8 Å².